The van der Waals surface area contributed by atoms with Crippen LogP contribution in [0.2, 0.25) is 0 Å². The fourth-order valence-corrected chi connectivity index (χ4v) is 6.65. The third-order valence-corrected chi connectivity index (χ3v) is 8.91. The zero-order valence-corrected chi connectivity index (χ0v) is 23.1. The highest BCUT2D eigenvalue weighted by atomic mass is 32.2. The van der Waals surface area contributed by atoms with Gasteiger partial charge in [-0.2, -0.15) is 0 Å². The summed E-state index contributed by atoms with van der Waals surface area (Å²) in [6.07, 6.45) is 2.54. The summed E-state index contributed by atoms with van der Waals surface area (Å²) in [6.45, 7) is 11.4. The number of piperidine rings is 1. The molecule has 2 N–H and O–H groups in total. The highest BCUT2D eigenvalue weighted by molar-refractivity contribution is 7.99. The summed E-state index contributed by atoms with van der Waals surface area (Å²) < 4.78 is 2.43. The number of rotatable bonds is 7. The van der Waals surface area contributed by atoms with Gasteiger partial charge in [0.2, 0.25) is 0 Å². The summed E-state index contributed by atoms with van der Waals surface area (Å²) in [4.78, 5) is 23.9. The molecule has 1 amide bonds. The van der Waals surface area contributed by atoms with Crippen molar-refractivity contribution in [3.63, 3.8) is 0 Å². The zero-order valence-electron chi connectivity index (χ0n) is 22.3. The van der Waals surface area contributed by atoms with Crippen molar-refractivity contribution in [3.8, 4) is 22.4 Å². The second-order valence-electron chi connectivity index (χ2n) is 10.8. The molecule has 39 heavy (non-hydrogen) atoms. The van der Waals surface area contributed by atoms with Gasteiger partial charge >= 0.3 is 0 Å². The van der Waals surface area contributed by atoms with E-state index in [1.807, 2.05) is 30.5 Å². The van der Waals surface area contributed by atoms with Gasteiger partial charge in [-0.15, -0.1) is 0 Å². The molecule has 0 bridgehead atoms. The standard InChI is InChI=1S/C32H33N5OS/c1-3-39-37-15-13-32(14-16-37)20-36(21-32)19-23-9-11-25(12-10-23)30-27(24-7-5-4-6-8-24)17-26-22(2)34-29(31(33)38)18-28(26)35-30/h3-12,17-18H,1,13-16,19-21H2,2H3,(H2,33,38). The number of fused-ring (bicyclic) bond motifs is 1. The lowest BCUT2D eigenvalue weighted by molar-refractivity contribution is -0.0382. The molecule has 2 aliphatic heterocycles. The van der Waals surface area contributed by atoms with Crippen LogP contribution in [-0.4, -0.2) is 51.3 Å². The largest absolute Gasteiger partial charge is 0.364 e. The van der Waals surface area contributed by atoms with Gasteiger partial charge in [0.1, 0.15) is 5.69 Å². The molecular formula is C32H33N5OS. The fraction of sp³-hybridized carbons (Fsp3) is 0.281. The molecule has 2 aromatic carbocycles. The van der Waals surface area contributed by atoms with Crippen LogP contribution in [0.15, 0.2) is 78.7 Å². The maximum Gasteiger partial charge on any atom is 0.267 e. The fourth-order valence-electron chi connectivity index (χ4n) is 6.04. The molecule has 0 aliphatic carbocycles. The molecule has 0 unspecified atom stereocenters. The average molecular weight is 536 g/mol. The topological polar surface area (TPSA) is 75.3 Å². The Hall–Kier alpha value is -3.52. The molecule has 6 nitrogen and oxygen atoms in total. The first-order chi connectivity index (χ1) is 18.9. The smallest absolute Gasteiger partial charge is 0.267 e. The van der Waals surface area contributed by atoms with E-state index in [4.69, 9.17) is 10.7 Å². The monoisotopic (exact) mass is 535 g/mol. The lowest BCUT2D eigenvalue weighted by Crippen LogP contribution is -2.59. The number of amides is 1. The SMILES string of the molecule is C=CSN1CCC2(CC1)CN(Cc1ccc(-c3nc4cc(C(N)=O)nc(C)c4cc3-c3ccccc3)cc1)C2. The first-order valence-corrected chi connectivity index (χ1v) is 14.3. The summed E-state index contributed by atoms with van der Waals surface area (Å²) >= 11 is 1.75. The predicted molar refractivity (Wildman–Crippen MR) is 160 cm³/mol. The van der Waals surface area contributed by atoms with Crippen molar-refractivity contribution >= 4 is 28.8 Å². The van der Waals surface area contributed by atoms with Crippen LogP contribution in [0, 0.1) is 12.3 Å². The van der Waals surface area contributed by atoms with E-state index in [0.29, 0.717) is 5.41 Å². The second-order valence-corrected chi connectivity index (χ2v) is 11.9. The van der Waals surface area contributed by atoms with E-state index in [1.165, 1.54) is 31.5 Å². The van der Waals surface area contributed by atoms with Crippen LogP contribution >= 0.6 is 11.9 Å². The normalized spacial score (nSPS) is 17.3. The van der Waals surface area contributed by atoms with Crippen LogP contribution in [0.5, 0.6) is 0 Å². The Morgan fingerprint density at radius 3 is 2.41 bits per heavy atom. The minimum atomic E-state index is -0.547. The highest BCUT2D eigenvalue weighted by Gasteiger charge is 2.44. The van der Waals surface area contributed by atoms with E-state index in [9.17, 15) is 4.79 Å². The van der Waals surface area contributed by atoms with Crippen LogP contribution in [0.4, 0.5) is 0 Å². The number of hydrogen-bond donors (Lipinski definition) is 1. The second kappa shape index (κ2) is 10.6. The van der Waals surface area contributed by atoms with Crippen molar-refractivity contribution in [1.82, 2.24) is 19.2 Å². The van der Waals surface area contributed by atoms with E-state index in [1.54, 1.807) is 18.0 Å². The van der Waals surface area contributed by atoms with Crippen LogP contribution in [0.25, 0.3) is 33.3 Å². The van der Waals surface area contributed by atoms with Crippen LogP contribution < -0.4 is 5.73 Å². The lowest BCUT2D eigenvalue weighted by atomic mass is 9.72. The number of nitrogens with two attached hydrogens (primary N) is 1. The Labute approximate surface area is 234 Å². The number of carbonyl (C=O) groups is 1. The van der Waals surface area contributed by atoms with Gasteiger partial charge in [0, 0.05) is 54.9 Å². The zero-order chi connectivity index (χ0) is 27.0. The first kappa shape index (κ1) is 25.7. The van der Waals surface area contributed by atoms with E-state index in [2.05, 4.69) is 63.2 Å². The van der Waals surface area contributed by atoms with Crippen molar-refractivity contribution in [1.29, 1.82) is 0 Å². The summed E-state index contributed by atoms with van der Waals surface area (Å²) in [5.41, 5.74) is 13.1. The van der Waals surface area contributed by atoms with E-state index < -0.39 is 5.91 Å². The number of carbonyl (C=O) groups excluding carboxylic acids is 1. The molecule has 1 spiro atoms. The van der Waals surface area contributed by atoms with Gasteiger partial charge in [0.15, 0.2) is 0 Å². The summed E-state index contributed by atoms with van der Waals surface area (Å²) in [7, 11) is 0. The highest BCUT2D eigenvalue weighted by Crippen LogP contribution is 2.42. The van der Waals surface area contributed by atoms with Gasteiger partial charge < -0.3 is 5.73 Å². The number of nitrogens with zero attached hydrogens (tertiary/aromatic N) is 4. The number of aromatic nitrogens is 2. The molecule has 198 valence electrons. The third kappa shape index (κ3) is 5.22. The molecule has 0 saturated carbocycles. The molecule has 0 atom stereocenters. The van der Waals surface area contributed by atoms with E-state index in [0.717, 1.165) is 58.6 Å². The summed E-state index contributed by atoms with van der Waals surface area (Å²) in [6, 6.07) is 22.9. The molecular weight excluding hydrogens is 502 g/mol. The van der Waals surface area contributed by atoms with Gasteiger partial charge in [0.05, 0.1) is 11.2 Å². The van der Waals surface area contributed by atoms with Gasteiger partial charge in [-0.3, -0.25) is 9.69 Å². The molecule has 4 heterocycles. The number of pyridine rings is 2. The first-order valence-electron chi connectivity index (χ1n) is 13.4. The number of benzene rings is 2. The Balaban J connectivity index is 1.25. The molecule has 0 radical (unpaired) electrons. The number of likely N-dealkylation sites (tertiary alicyclic amines) is 1. The van der Waals surface area contributed by atoms with Gasteiger partial charge in [0.25, 0.3) is 5.91 Å². The van der Waals surface area contributed by atoms with E-state index in [-0.39, 0.29) is 5.69 Å². The Bertz CT molecular complexity index is 1520. The maximum atomic E-state index is 11.9. The van der Waals surface area contributed by atoms with Crippen molar-refractivity contribution in [3.05, 3.63) is 95.7 Å². The van der Waals surface area contributed by atoms with Crippen molar-refractivity contribution < 1.29 is 4.79 Å². The minimum Gasteiger partial charge on any atom is -0.364 e. The number of primary amides is 1. The molecule has 6 rings (SSSR count). The summed E-state index contributed by atoms with van der Waals surface area (Å²) in [5.74, 6) is -0.547. The van der Waals surface area contributed by atoms with Gasteiger partial charge in [-0.05, 0) is 53.8 Å². The Morgan fingerprint density at radius 1 is 1.03 bits per heavy atom. The molecule has 4 aromatic rings. The maximum absolute atomic E-state index is 11.9. The quantitative estimate of drug-likeness (QED) is 0.290. The minimum absolute atomic E-state index is 0.235. The van der Waals surface area contributed by atoms with Gasteiger partial charge in [-0.1, -0.05) is 73.1 Å². The number of hydrogen-bond acceptors (Lipinski definition) is 6. The molecule has 2 aromatic heterocycles. The van der Waals surface area contributed by atoms with Crippen molar-refractivity contribution in [2.24, 2.45) is 11.1 Å². The molecule has 2 fully saturated rings. The predicted octanol–water partition coefficient (Wildman–Crippen LogP) is 6.06. The van der Waals surface area contributed by atoms with E-state index >= 15 is 0 Å². The molecule has 2 aliphatic rings. The summed E-state index contributed by atoms with van der Waals surface area (Å²) in [5, 5.41) is 2.85. The lowest BCUT2D eigenvalue weighted by Gasteiger charge is -2.54. The Morgan fingerprint density at radius 2 is 1.74 bits per heavy atom. The van der Waals surface area contributed by atoms with Crippen LogP contribution in [0.3, 0.4) is 0 Å². The van der Waals surface area contributed by atoms with Crippen molar-refractivity contribution in [2.75, 3.05) is 26.2 Å². The number of aryl methyl sites for hydroxylation is 1. The van der Waals surface area contributed by atoms with Crippen molar-refractivity contribution in [2.45, 2.75) is 26.3 Å². The van der Waals surface area contributed by atoms with Crippen LogP contribution in [0.1, 0.15) is 34.6 Å². The molecule has 2 saturated heterocycles. The van der Waals surface area contributed by atoms with Crippen LogP contribution in [-0.2, 0) is 6.54 Å². The average Bonchev–Trinajstić information content (AvgIpc) is 2.93. The van der Waals surface area contributed by atoms with Gasteiger partial charge in [-0.25, -0.2) is 14.3 Å². The third-order valence-electron chi connectivity index (χ3n) is 8.10. The molecule has 7 heteroatoms. The Kier molecular flexibility index (Phi) is 6.97.